The molecule has 0 unspecified atom stereocenters. The molecule has 0 aliphatic heterocycles. The summed E-state index contributed by atoms with van der Waals surface area (Å²) in [4.78, 5) is 12.5. The van der Waals surface area contributed by atoms with Crippen molar-refractivity contribution in [3.8, 4) is 6.07 Å². The van der Waals surface area contributed by atoms with Crippen molar-refractivity contribution in [1.29, 1.82) is 5.26 Å². The van der Waals surface area contributed by atoms with E-state index in [0.29, 0.717) is 17.3 Å². The van der Waals surface area contributed by atoms with Crippen LogP contribution < -0.4 is 10.6 Å². The Labute approximate surface area is 163 Å². The van der Waals surface area contributed by atoms with Crippen LogP contribution in [-0.4, -0.2) is 29.3 Å². The maximum atomic E-state index is 14.2. The van der Waals surface area contributed by atoms with Crippen molar-refractivity contribution in [2.45, 2.75) is 62.6 Å². The van der Waals surface area contributed by atoms with Gasteiger partial charge in [0.2, 0.25) is 5.91 Å². The first-order chi connectivity index (χ1) is 12.4. The Kier molecular flexibility index (Phi) is 6.22. The molecule has 0 aromatic heterocycles. The lowest BCUT2D eigenvalue weighted by Gasteiger charge is -2.30. The Hall–Kier alpha value is -1.66. The average molecular weight is 450 g/mol. The van der Waals surface area contributed by atoms with E-state index in [0.717, 1.165) is 0 Å². The van der Waals surface area contributed by atoms with Crippen LogP contribution in [0.5, 0.6) is 0 Å². The highest BCUT2D eigenvalue weighted by Crippen LogP contribution is 2.36. The highest BCUT2D eigenvalue weighted by atomic mass is 79.9. The lowest BCUT2D eigenvalue weighted by Crippen LogP contribution is -2.53. The van der Waals surface area contributed by atoms with Gasteiger partial charge in [-0.3, -0.25) is 10.1 Å². The third-order valence-corrected chi connectivity index (χ3v) is 4.76. The fraction of sp³-hybridized carbons (Fsp3) is 0.556. The third kappa shape index (κ3) is 6.18. The number of hydrogen-bond acceptors (Lipinski definition) is 3. The molecule has 1 aliphatic carbocycles. The van der Waals surface area contributed by atoms with Crippen LogP contribution in [0, 0.1) is 11.3 Å². The van der Waals surface area contributed by atoms with E-state index in [1.54, 1.807) is 0 Å². The zero-order valence-corrected chi connectivity index (χ0v) is 16.4. The number of nitrogens with zero attached hydrogens (tertiary/aromatic N) is 1. The molecule has 0 bridgehead atoms. The van der Waals surface area contributed by atoms with Gasteiger partial charge in [0.25, 0.3) is 0 Å². The standard InChI is InChI=1S/C18H20BrF4N3O/c1-16(2,20)9-13(15(27)26-17(10-24)7-8-17)25-14(18(21,22)23)11-3-5-12(19)6-4-11/h3-6,13-14,25H,7-9H2,1-2H3,(H,26,27)/t13-,14-/m0/s1. The summed E-state index contributed by atoms with van der Waals surface area (Å²) in [5.41, 5.74) is -3.03. The van der Waals surface area contributed by atoms with Crippen LogP contribution in [0.2, 0.25) is 0 Å². The molecule has 1 aromatic carbocycles. The van der Waals surface area contributed by atoms with Gasteiger partial charge >= 0.3 is 6.18 Å². The molecule has 2 N–H and O–H groups in total. The molecule has 1 saturated carbocycles. The highest BCUT2D eigenvalue weighted by Gasteiger charge is 2.48. The minimum atomic E-state index is -4.70. The van der Waals surface area contributed by atoms with E-state index in [-0.39, 0.29) is 5.56 Å². The number of alkyl halides is 4. The van der Waals surface area contributed by atoms with Crippen LogP contribution in [0.15, 0.2) is 28.7 Å². The second kappa shape index (κ2) is 7.76. The molecule has 148 valence electrons. The predicted molar refractivity (Wildman–Crippen MR) is 95.4 cm³/mol. The molecule has 4 nitrogen and oxygen atoms in total. The van der Waals surface area contributed by atoms with E-state index < -0.39 is 41.8 Å². The molecule has 0 saturated heterocycles. The largest absolute Gasteiger partial charge is 0.407 e. The first-order valence-electron chi connectivity index (χ1n) is 8.36. The van der Waals surface area contributed by atoms with Gasteiger partial charge in [0, 0.05) is 10.9 Å². The lowest BCUT2D eigenvalue weighted by molar-refractivity contribution is -0.161. The fourth-order valence-corrected chi connectivity index (χ4v) is 2.93. The Bertz CT molecular complexity index is 718. The molecule has 0 radical (unpaired) electrons. The van der Waals surface area contributed by atoms with Crippen molar-refractivity contribution in [3.63, 3.8) is 0 Å². The summed E-state index contributed by atoms with van der Waals surface area (Å²) in [7, 11) is 0. The van der Waals surface area contributed by atoms with Gasteiger partial charge < -0.3 is 5.32 Å². The zero-order valence-electron chi connectivity index (χ0n) is 14.8. The molecule has 0 spiro atoms. The van der Waals surface area contributed by atoms with Gasteiger partial charge in [-0.1, -0.05) is 28.1 Å². The lowest BCUT2D eigenvalue weighted by atomic mass is 9.97. The second-order valence-corrected chi connectivity index (χ2v) is 8.27. The number of benzene rings is 1. The molecule has 1 amide bonds. The van der Waals surface area contributed by atoms with E-state index in [2.05, 4.69) is 26.6 Å². The second-order valence-electron chi connectivity index (χ2n) is 7.35. The van der Waals surface area contributed by atoms with E-state index in [4.69, 9.17) is 5.26 Å². The number of carbonyl (C=O) groups is 1. The Balaban J connectivity index is 2.28. The summed E-state index contributed by atoms with van der Waals surface area (Å²) in [5.74, 6) is -0.814. The van der Waals surface area contributed by atoms with Gasteiger partial charge in [-0.05, 0) is 44.4 Å². The average Bonchev–Trinajstić information content (AvgIpc) is 3.30. The van der Waals surface area contributed by atoms with Crippen LogP contribution >= 0.6 is 15.9 Å². The van der Waals surface area contributed by atoms with Crippen molar-refractivity contribution in [2.24, 2.45) is 0 Å². The summed E-state index contributed by atoms with van der Waals surface area (Å²) in [5, 5.41) is 13.8. The van der Waals surface area contributed by atoms with Gasteiger partial charge in [0.05, 0.1) is 12.1 Å². The van der Waals surface area contributed by atoms with Crippen molar-refractivity contribution in [1.82, 2.24) is 10.6 Å². The fourth-order valence-electron chi connectivity index (χ4n) is 2.66. The molecule has 1 fully saturated rings. The molecule has 2 rings (SSSR count). The van der Waals surface area contributed by atoms with Crippen molar-refractivity contribution < 1.29 is 22.4 Å². The number of amides is 1. The van der Waals surface area contributed by atoms with Gasteiger partial charge in [-0.15, -0.1) is 0 Å². The van der Waals surface area contributed by atoms with Gasteiger partial charge in [0.1, 0.15) is 17.2 Å². The van der Waals surface area contributed by atoms with E-state index in [1.165, 1.54) is 38.1 Å². The number of hydrogen-bond donors (Lipinski definition) is 2. The van der Waals surface area contributed by atoms with Gasteiger partial charge in [-0.2, -0.15) is 18.4 Å². The SMILES string of the molecule is CC(C)(F)C[C@H](N[C@@H](c1ccc(Br)cc1)C(F)(F)F)C(=O)NC1(C#N)CC1. The van der Waals surface area contributed by atoms with Crippen LogP contribution in [0.4, 0.5) is 17.6 Å². The quantitative estimate of drug-likeness (QED) is 0.609. The zero-order chi connectivity index (χ0) is 20.5. The third-order valence-electron chi connectivity index (χ3n) is 4.23. The van der Waals surface area contributed by atoms with Crippen molar-refractivity contribution in [3.05, 3.63) is 34.3 Å². The summed E-state index contributed by atoms with van der Waals surface area (Å²) in [6.07, 6.45) is -4.31. The van der Waals surface area contributed by atoms with E-state index >= 15 is 0 Å². The number of nitriles is 1. The molecular formula is C18H20BrF4N3O. The minimum absolute atomic E-state index is 0.0958. The smallest absolute Gasteiger partial charge is 0.336 e. The van der Waals surface area contributed by atoms with Crippen LogP contribution in [-0.2, 0) is 4.79 Å². The number of halogens is 5. The molecule has 2 atom stereocenters. The maximum Gasteiger partial charge on any atom is 0.407 e. The van der Waals surface area contributed by atoms with Crippen molar-refractivity contribution >= 4 is 21.8 Å². The van der Waals surface area contributed by atoms with Crippen molar-refractivity contribution in [2.75, 3.05) is 0 Å². The number of rotatable bonds is 7. The van der Waals surface area contributed by atoms with Crippen LogP contribution in [0.3, 0.4) is 0 Å². The summed E-state index contributed by atoms with van der Waals surface area (Å²) in [6.45, 7) is 2.38. The summed E-state index contributed by atoms with van der Waals surface area (Å²) < 4.78 is 55.6. The highest BCUT2D eigenvalue weighted by molar-refractivity contribution is 9.10. The minimum Gasteiger partial charge on any atom is -0.336 e. The molecule has 9 heteroatoms. The molecule has 0 heterocycles. The van der Waals surface area contributed by atoms with Crippen LogP contribution in [0.1, 0.15) is 44.7 Å². The number of carbonyl (C=O) groups excluding carboxylic acids is 1. The predicted octanol–water partition coefficient (Wildman–Crippen LogP) is 4.32. The van der Waals surface area contributed by atoms with Gasteiger partial charge in [-0.25, -0.2) is 4.39 Å². The molecule has 1 aliphatic rings. The first kappa shape index (κ1) is 21.6. The molecule has 1 aromatic rings. The van der Waals surface area contributed by atoms with Crippen LogP contribution in [0.25, 0.3) is 0 Å². The number of nitrogens with one attached hydrogen (secondary N) is 2. The van der Waals surface area contributed by atoms with E-state index in [1.807, 2.05) is 6.07 Å². The first-order valence-corrected chi connectivity index (χ1v) is 9.15. The summed E-state index contributed by atoms with van der Waals surface area (Å²) in [6, 6.07) is 3.81. The molecular weight excluding hydrogens is 430 g/mol. The van der Waals surface area contributed by atoms with Gasteiger partial charge in [0.15, 0.2) is 0 Å². The normalized spacial score (nSPS) is 18.3. The Morgan fingerprint density at radius 3 is 2.22 bits per heavy atom. The topological polar surface area (TPSA) is 64.9 Å². The van der Waals surface area contributed by atoms with E-state index in [9.17, 15) is 22.4 Å². The Morgan fingerprint density at radius 1 is 1.26 bits per heavy atom. The summed E-state index contributed by atoms with van der Waals surface area (Å²) >= 11 is 3.16. The Morgan fingerprint density at radius 2 is 1.81 bits per heavy atom. The maximum absolute atomic E-state index is 14.2. The monoisotopic (exact) mass is 449 g/mol. The molecule has 27 heavy (non-hydrogen) atoms.